The van der Waals surface area contributed by atoms with Crippen molar-refractivity contribution in [2.24, 2.45) is 0 Å². The van der Waals surface area contributed by atoms with E-state index >= 15 is 0 Å². The minimum absolute atomic E-state index is 0.0108. The number of hydrogen-bond donors (Lipinski definition) is 1. The predicted octanol–water partition coefficient (Wildman–Crippen LogP) is 6.73. The third kappa shape index (κ3) is 7.92. The maximum absolute atomic E-state index is 14.1. The van der Waals surface area contributed by atoms with Crippen LogP contribution in [0.15, 0.2) is 77.7 Å². The molecule has 0 aliphatic heterocycles. The molecule has 44 heavy (non-hydrogen) atoms. The first-order valence-corrected chi connectivity index (χ1v) is 16.2. The Morgan fingerprint density at radius 2 is 1.64 bits per heavy atom. The monoisotopic (exact) mass is 649 g/mol. The Hall–Kier alpha value is -3.57. The summed E-state index contributed by atoms with van der Waals surface area (Å²) in [5.41, 5.74) is -0.159. The summed E-state index contributed by atoms with van der Waals surface area (Å²) in [4.78, 5) is 28.7. The Kier molecular flexibility index (Phi) is 10.6. The Balaban J connectivity index is 1.77. The van der Waals surface area contributed by atoms with Gasteiger partial charge in [-0.2, -0.15) is 13.2 Å². The van der Waals surface area contributed by atoms with Crippen LogP contribution in [-0.4, -0.2) is 43.8 Å². The zero-order valence-electron chi connectivity index (χ0n) is 24.5. The molecule has 1 unspecified atom stereocenters. The lowest BCUT2D eigenvalue weighted by Crippen LogP contribution is -2.53. The van der Waals surface area contributed by atoms with Crippen molar-refractivity contribution < 1.29 is 31.2 Å². The smallest absolute Gasteiger partial charge is 0.352 e. The first-order valence-electron chi connectivity index (χ1n) is 14.4. The number of sulfonamides is 1. The summed E-state index contributed by atoms with van der Waals surface area (Å²) in [5.74, 6) is -1.11. The number of alkyl halides is 3. The van der Waals surface area contributed by atoms with E-state index in [1.165, 1.54) is 17.0 Å². The van der Waals surface area contributed by atoms with Gasteiger partial charge in [0.05, 0.1) is 21.2 Å². The van der Waals surface area contributed by atoms with Crippen LogP contribution in [0, 0.1) is 6.92 Å². The number of aryl methyl sites for hydroxylation is 1. The van der Waals surface area contributed by atoms with Gasteiger partial charge in [0.15, 0.2) is 0 Å². The van der Waals surface area contributed by atoms with Gasteiger partial charge >= 0.3 is 6.18 Å². The number of halogens is 4. The molecule has 12 heteroatoms. The molecule has 3 aromatic carbocycles. The fraction of sp³-hybridized carbons (Fsp3) is 0.375. The van der Waals surface area contributed by atoms with E-state index in [2.05, 4.69) is 5.32 Å². The summed E-state index contributed by atoms with van der Waals surface area (Å²) in [6, 6.07) is 16.4. The summed E-state index contributed by atoms with van der Waals surface area (Å²) in [6.45, 7) is 2.65. The normalized spacial score (nSPS) is 14.7. The highest BCUT2D eigenvalue weighted by Crippen LogP contribution is 2.38. The number of amides is 2. The molecule has 1 atom stereocenters. The standard InChI is InChI=1S/C32H35ClF3N3O4S/c1-3-29(31(41)37-24-11-7-8-12-24)38(20-23-9-5-4-6-10-23)30(40)21-39(44(42,43)26-16-13-22(2)14-17-26)25-15-18-28(33)27(19-25)32(34,35)36/h4-6,9-10,13-19,24,29H,3,7-8,11-12,20-21H2,1-2H3,(H,37,41). The van der Waals surface area contributed by atoms with Gasteiger partial charge in [0.25, 0.3) is 10.0 Å². The topological polar surface area (TPSA) is 86.8 Å². The molecule has 2 amide bonds. The maximum atomic E-state index is 14.1. The first-order chi connectivity index (χ1) is 20.8. The molecule has 236 valence electrons. The first kappa shape index (κ1) is 33.3. The minimum Gasteiger partial charge on any atom is -0.352 e. The number of nitrogens with one attached hydrogen (secondary N) is 1. The molecule has 0 spiro atoms. The van der Waals surface area contributed by atoms with Crippen LogP contribution in [0.5, 0.6) is 0 Å². The second-order valence-electron chi connectivity index (χ2n) is 10.9. The molecule has 4 rings (SSSR count). The van der Waals surface area contributed by atoms with Crippen LogP contribution in [-0.2, 0) is 32.3 Å². The number of anilines is 1. The summed E-state index contributed by atoms with van der Waals surface area (Å²) in [7, 11) is -4.54. The highest BCUT2D eigenvalue weighted by atomic mass is 35.5. The average molecular weight is 650 g/mol. The second-order valence-corrected chi connectivity index (χ2v) is 13.2. The number of carbonyl (C=O) groups is 2. The maximum Gasteiger partial charge on any atom is 0.417 e. The van der Waals surface area contributed by atoms with Crippen molar-refractivity contribution >= 4 is 39.1 Å². The number of hydrogen-bond acceptors (Lipinski definition) is 4. The van der Waals surface area contributed by atoms with Crippen molar-refractivity contribution in [3.8, 4) is 0 Å². The number of carbonyl (C=O) groups excluding carboxylic acids is 2. The lowest BCUT2D eigenvalue weighted by Gasteiger charge is -2.34. The SMILES string of the molecule is CCC(C(=O)NC1CCCC1)N(Cc1ccccc1)C(=O)CN(c1ccc(Cl)c(C(F)(F)F)c1)S(=O)(=O)c1ccc(C)cc1. The highest BCUT2D eigenvalue weighted by Gasteiger charge is 2.37. The van der Waals surface area contributed by atoms with E-state index in [1.807, 2.05) is 0 Å². The van der Waals surface area contributed by atoms with Crippen LogP contribution < -0.4 is 9.62 Å². The summed E-state index contributed by atoms with van der Waals surface area (Å²) in [5, 5.41) is 2.41. The zero-order chi connectivity index (χ0) is 32.1. The van der Waals surface area contributed by atoms with Gasteiger partial charge in [-0.15, -0.1) is 0 Å². The Bertz CT molecular complexity index is 1560. The van der Waals surface area contributed by atoms with Crippen molar-refractivity contribution in [3.63, 3.8) is 0 Å². The lowest BCUT2D eigenvalue weighted by molar-refractivity contribution is -0.140. The quantitative estimate of drug-likeness (QED) is 0.250. The van der Waals surface area contributed by atoms with Crippen LogP contribution >= 0.6 is 11.6 Å². The Morgan fingerprint density at radius 1 is 1.00 bits per heavy atom. The van der Waals surface area contributed by atoms with Crippen molar-refractivity contribution in [2.45, 2.75) is 75.7 Å². The van der Waals surface area contributed by atoms with Crippen molar-refractivity contribution in [2.75, 3.05) is 10.8 Å². The molecular weight excluding hydrogens is 615 g/mol. The predicted molar refractivity (Wildman–Crippen MR) is 164 cm³/mol. The van der Waals surface area contributed by atoms with Gasteiger partial charge in [-0.1, -0.05) is 79.4 Å². The Morgan fingerprint density at radius 3 is 2.23 bits per heavy atom. The van der Waals surface area contributed by atoms with Gasteiger partial charge in [0.2, 0.25) is 11.8 Å². The molecule has 7 nitrogen and oxygen atoms in total. The van der Waals surface area contributed by atoms with Crippen molar-refractivity contribution in [3.05, 3.63) is 94.5 Å². The third-order valence-electron chi connectivity index (χ3n) is 7.71. The molecule has 0 heterocycles. The summed E-state index contributed by atoms with van der Waals surface area (Å²) in [6.07, 6.45) is -1.00. The van der Waals surface area contributed by atoms with Gasteiger partial charge in [0.1, 0.15) is 12.6 Å². The van der Waals surface area contributed by atoms with Gasteiger partial charge in [0, 0.05) is 12.6 Å². The van der Waals surface area contributed by atoms with Gasteiger partial charge in [-0.05, 0) is 62.1 Å². The fourth-order valence-corrected chi connectivity index (χ4v) is 6.95. The van der Waals surface area contributed by atoms with Crippen molar-refractivity contribution in [1.82, 2.24) is 10.2 Å². The van der Waals surface area contributed by atoms with E-state index in [0.717, 1.165) is 43.4 Å². The summed E-state index contributed by atoms with van der Waals surface area (Å²) < 4.78 is 70.1. The second kappa shape index (κ2) is 14.0. The van der Waals surface area contributed by atoms with E-state index in [0.29, 0.717) is 15.9 Å². The van der Waals surface area contributed by atoms with Gasteiger partial charge in [-0.3, -0.25) is 13.9 Å². The van der Waals surface area contributed by atoms with Crippen molar-refractivity contribution in [1.29, 1.82) is 0 Å². The van der Waals surface area contributed by atoms with Crippen LogP contribution in [0.2, 0.25) is 5.02 Å². The molecule has 3 aromatic rings. The third-order valence-corrected chi connectivity index (χ3v) is 9.83. The van der Waals surface area contributed by atoms with Crippen LogP contribution in [0.1, 0.15) is 55.7 Å². The molecule has 0 bridgehead atoms. The van der Waals surface area contributed by atoms with Gasteiger partial charge in [-0.25, -0.2) is 8.42 Å². The number of nitrogens with zero attached hydrogens (tertiary/aromatic N) is 2. The molecule has 1 aliphatic rings. The molecule has 1 aliphatic carbocycles. The summed E-state index contributed by atoms with van der Waals surface area (Å²) >= 11 is 5.84. The van der Waals surface area contributed by atoms with E-state index in [4.69, 9.17) is 11.6 Å². The molecular formula is C32H35ClF3N3O4S. The molecule has 1 N–H and O–H groups in total. The van der Waals surface area contributed by atoms with Crippen LogP contribution in [0.4, 0.5) is 18.9 Å². The number of rotatable bonds is 11. The van der Waals surface area contributed by atoms with Crippen LogP contribution in [0.25, 0.3) is 0 Å². The molecule has 1 fully saturated rings. The fourth-order valence-electron chi connectivity index (χ4n) is 5.32. The molecule has 0 saturated heterocycles. The highest BCUT2D eigenvalue weighted by molar-refractivity contribution is 7.92. The lowest BCUT2D eigenvalue weighted by atomic mass is 10.1. The van der Waals surface area contributed by atoms with E-state index in [9.17, 15) is 31.2 Å². The molecule has 0 radical (unpaired) electrons. The minimum atomic E-state index is -4.87. The molecule has 0 aromatic heterocycles. The number of benzene rings is 3. The van der Waals surface area contributed by atoms with E-state index in [1.54, 1.807) is 56.3 Å². The largest absolute Gasteiger partial charge is 0.417 e. The molecule has 1 saturated carbocycles. The van der Waals surface area contributed by atoms with Crippen LogP contribution in [0.3, 0.4) is 0 Å². The van der Waals surface area contributed by atoms with E-state index < -0.39 is 51.0 Å². The zero-order valence-corrected chi connectivity index (χ0v) is 26.1. The van der Waals surface area contributed by atoms with E-state index in [-0.39, 0.29) is 29.8 Å². The average Bonchev–Trinajstić information content (AvgIpc) is 3.49. The Labute approximate surface area is 261 Å². The van der Waals surface area contributed by atoms with Gasteiger partial charge < -0.3 is 10.2 Å².